The number of nitrogens with zero attached hydrogens (tertiary/aromatic N) is 3. The zero-order valence-electron chi connectivity index (χ0n) is 8.09. The second kappa shape index (κ2) is 3.84. The molecule has 0 aliphatic heterocycles. The lowest BCUT2D eigenvalue weighted by Crippen LogP contribution is -1.96. The van der Waals surface area contributed by atoms with Gasteiger partial charge in [-0.05, 0) is 12.1 Å². The van der Waals surface area contributed by atoms with E-state index in [0.717, 1.165) is 11.4 Å². The van der Waals surface area contributed by atoms with Gasteiger partial charge in [-0.1, -0.05) is 0 Å². The highest BCUT2D eigenvalue weighted by Gasteiger charge is 2.05. The Bertz CT molecular complexity index is 493. The third-order valence-electron chi connectivity index (χ3n) is 2.00. The summed E-state index contributed by atoms with van der Waals surface area (Å²) < 4.78 is 1.68. The molecule has 2 aromatic rings. The van der Waals surface area contributed by atoms with Gasteiger partial charge >= 0.3 is 0 Å². The standard InChI is InChI=1S/C11H10N4/c1-2-4-11-10(12)8-15(14-11)9-5-3-6-13-7-9/h1,3,5-8H,4,12H2. The Labute approximate surface area is 87.7 Å². The molecule has 2 N–H and O–H groups in total. The van der Waals surface area contributed by atoms with E-state index in [2.05, 4.69) is 16.0 Å². The molecule has 0 saturated heterocycles. The molecule has 0 spiro atoms. The fourth-order valence-corrected chi connectivity index (χ4v) is 1.28. The number of pyridine rings is 1. The van der Waals surface area contributed by atoms with Crippen molar-refractivity contribution >= 4 is 5.69 Å². The molecule has 0 aliphatic carbocycles. The average molecular weight is 198 g/mol. The zero-order valence-corrected chi connectivity index (χ0v) is 8.09. The largest absolute Gasteiger partial charge is 0.396 e. The van der Waals surface area contributed by atoms with Crippen molar-refractivity contribution in [2.24, 2.45) is 0 Å². The van der Waals surface area contributed by atoms with Crippen LogP contribution in [-0.4, -0.2) is 14.8 Å². The van der Waals surface area contributed by atoms with Crippen LogP contribution < -0.4 is 5.73 Å². The molecule has 0 atom stereocenters. The minimum atomic E-state index is 0.444. The minimum Gasteiger partial charge on any atom is -0.396 e. The highest BCUT2D eigenvalue weighted by molar-refractivity contribution is 5.45. The van der Waals surface area contributed by atoms with Crippen LogP contribution >= 0.6 is 0 Å². The molecule has 0 unspecified atom stereocenters. The Kier molecular flexibility index (Phi) is 2.38. The van der Waals surface area contributed by atoms with Crippen LogP contribution in [0.15, 0.2) is 30.7 Å². The molecule has 4 nitrogen and oxygen atoms in total. The van der Waals surface area contributed by atoms with E-state index in [1.807, 2.05) is 12.1 Å². The highest BCUT2D eigenvalue weighted by Crippen LogP contribution is 2.13. The van der Waals surface area contributed by atoms with Gasteiger partial charge in [-0.15, -0.1) is 12.3 Å². The summed E-state index contributed by atoms with van der Waals surface area (Å²) in [7, 11) is 0. The maximum Gasteiger partial charge on any atom is 0.0977 e. The monoisotopic (exact) mass is 198 g/mol. The smallest absolute Gasteiger partial charge is 0.0977 e. The van der Waals surface area contributed by atoms with Crippen LogP contribution in [0, 0.1) is 12.3 Å². The first kappa shape index (κ1) is 9.28. The lowest BCUT2D eigenvalue weighted by atomic mass is 10.3. The molecule has 0 radical (unpaired) electrons. The molecule has 0 fully saturated rings. The van der Waals surface area contributed by atoms with Gasteiger partial charge in [-0.25, -0.2) is 4.68 Å². The zero-order chi connectivity index (χ0) is 10.7. The third kappa shape index (κ3) is 1.81. The van der Waals surface area contributed by atoms with E-state index in [-0.39, 0.29) is 0 Å². The maximum atomic E-state index is 5.77. The van der Waals surface area contributed by atoms with Gasteiger partial charge in [0.15, 0.2) is 0 Å². The molecule has 0 saturated carbocycles. The molecular formula is C11H10N4. The molecule has 2 aromatic heterocycles. The number of hydrogen-bond acceptors (Lipinski definition) is 3. The summed E-state index contributed by atoms with van der Waals surface area (Å²) in [5, 5.41) is 4.28. The van der Waals surface area contributed by atoms with Gasteiger partial charge in [-0.2, -0.15) is 5.10 Å². The van der Waals surface area contributed by atoms with Gasteiger partial charge in [0.1, 0.15) is 0 Å². The number of nitrogen functional groups attached to an aromatic ring is 1. The van der Waals surface area contributed by atoms with Gasteiger partial charge in [0.2, 0.25) is 0 Å². The van der Waals surface area contributed by atoms with Crippen LogP contribution in [0.2, 0.25) is 0 Å². The molecule has 15 heavy (non-hydrogen) atoms. The Balaban J connectivity index is 2.40. The average Bonchev–Trinajstić information content (AvgIpc) is 2.63. The summed E-state index contributed by atoms with van der Waals surface area (Å²) in [5.41, 5.74) is 7.97. The van der Waals surface area contributed by atoms with E-state index in [1.165, 1.54) is 0 Å². The Hall–Kier alpha value is -2.28. The fourth-order valence-electron chi connectivity index (χ4n) is 1.28. The molecule has 4 heteroatoms. The van der Waals surface area contributed by atoms with Crippen LogP contribution in [0.5, 0.6) is 0 Å². The number of aromatic nitrogens is 3. The van der Waals surface area contributed by atoms with Crippen molar-refractivity contribution in [3.05, 3.63) is 36.4 Å². The van der Waals surface area contributed by atoms with E-state index >= 15 is 0 Å². The van der Waals surface area contributed by atoms with Crippen LogP contribution in [0.1, 0.15) is 5.69 Å². The first-order valence-electron chi connectivity index (χ1n) is 4.49. The van der Waals surface area contributed by atoms with E-state index in [9.17, 15) is 0 Å². The lowest BCUT2D eigenvalue weighted by Gasteiger charge is -1.97. The summed E-state index contributed by atoms with van der Waals surface area (Å²) in [5.74, 6) is 2.52. The first-order chi connectivity index (χ1) is 7.31. The molecule has 74 valence electrons. The minimum absolute atomic E-state index is 0.444. The topological polar surface area (TPSA) is 56.7 Å². The van der Waals surface area contributed by atoms with Gasteiger partial charge in [-0.3, -0.25) is 4.98 Å². The van der Waals surface area contributed by atoms with Gasteiger partial charge in [0, 0.05) is 6.20 Å². The first-order valence-corrected chi connectivity index (χ1v) is 4.49. The molecule has 0 amide bonds. The predicted molar refractivity (Wildman–Crippen MR) is 58.3 cm³/mol. The SMILES string of the molecule is C#CCc1nn(-c2cccnc2)cc1N. The van der Waals surface area contributed by atoms with Crippen LogP contribution in [0.4, 0.5) is 5.69 Å². The number of rotatable bonds is 2. The Morgan fingerprint density at radius 1 is 1.53 bits per heavy atom. The van der Waals surface area contributed by atoms with Crippen molar-refractivity contribution < 1.29 is 0 Å². The Morgan fingerprint density at radius 2 is 2.40 bits per heavy atom. The number of terminal acetylenes is 1. The van der Waals surface area contributed by atoms with Gasteiger partial charge in [0.25, 0.3) is 0 Å². The quantitative estimate of drug-likeness (QED) is 0.733. The third-order valence-corrected chi connectivity index (χ3v) is 2.00. The Morgan fingerprint density at radius 3 is 3.07 bits per heavy atom. The van der Waals surface area contributed by atoms with Crippen molar-refractivity contribution in [1.82, 2.24) is 14.8 Å². The van der Waals surface area contributed by atoms with Crippen molar-refractivity contribution in [3.8, 4) is 18.0 Å². The maximum absolute atomic E-state index is 5.77. The van der Waals surface area contributed by atoms with Gasteiger partial charge < -0.3 is 5.73 Å². The predicted octanol–water partition coefficient (Wildman–Crippen LogP) is 1.03. The number of anilines is 1. The molecule has 2 heterocycles. The van der Waals surface area contributed by atoms with Crippen molar-refractivity contribution in [1.29, 1.82) is 0 Å². The van der Waals surface area contributed by atoms with E-state index in [0.29, 0.717) is 12.1 Å². The molecule has 0 aromatic carbocycles. The summed E-state index contributed by atoms with van der Waals surface area (Å²) in [6, 6.07) is 3.74. The van der Waals surface area contributed by atoms with Crippen molar-refractivity contribution in [2.45, 2.75) is 6.42 Å². The van der Waals surface area contributed by atoms with Crippen LogP contribution in [-0.2, 0) is 6.42 Å². The molecule has 0 aliphatic rings. The van der Waals surface area contributed by atoms with E-state index in [4.69, 9.17) is 12.2 Å². The number of nitrogens with two attached hydrogens (primary N) is 1. The summed E-state index contributed by atoms with van der Waals surface area (Å²) in [4.78, 5) is 4.00. The van der Waals surface area contributed by atoms with Crippen LogP contribution in [0.3, 0.4) is 0 Å². The second-order valence-corrected chi connectivity index (χ2v) is 3.07. The highest BCUT2D eigenvalue weighted by atomic mass is 15.3. The molecule has 2 rings (SSSR count). The number of hydrogen-bond donors (Lipinski definition) is 1. The second-order valence-electron chi connectivity index (χ2n) is 3.07. The lowest BCUT2D eigenvalue weighted by molar-refractivity contribution is 0.849. The van der Waals surface area contributed by atoms with E-state index < -0.39 is 0 Å². The normalized spacial score (nSPS) is 9.80. The molecular weight excluding hydrogens is 188 g/mol. The summed E-state index contributed by atoms with van der Waals surface area (Å²) in [6.07, 6.45) is 10.8. The summed E-state index contributed by atoms with van der Waals surface area (Å²) in [6.45, 7) is 0. The van der Waals surface area contributed by atoms with Crippen molar-refractivity contribution in [3.63, 3.8) is 0 Å². The molecule has 0 bridgehead atoms. The van der Waals surface area contributed by atoms with Gasteiger partial charge in [0.05, 0.1) is 35.9 Å². The van der Waals surface area contributed by atoms with Crippen LogP contribution in [0.25, 0.3) is 5.69 Å². The van der Waals surface area contributed by atoms with Crippen molar-refractivity contribution in [2.75, 3.05) is 5.73 Å². The van der Waals surface area contributed by atoms with E-state index in [1.54, 1.807) is 23.3 Å². The summed E-state index contributed by atoms with van der Waals surface area (Å²) >= 11 is 0. The fraction of sp³-hybridized carbons (Fsp3) is 0.0909.